The molecule has 0 aliphatic carbocycles. The summed E-state index contributed by atoms with van der Waals surface area (Å²) in [6, 6.07) is 6.41. The maximum absolute atomic E-state index is 4.63. The van der Waals surface area contributed by atoms with Gasteiger partial charge in [-0.3, -0.25) is 0 Å². The first kappa shape index (κ1) is 8.92. The molecule has 3 heterocycles. The van der Waals surface area contributed by atoms with Crippen molar-refractivity contribution in [1.29, 1.82) is 0 Å². The van der Waals surface area contributed by atoms with Crippen molar-refractivity contribution < 1.29 is 0 Å². The van der Waals surface area contributed by atoms with Crippen LogP contribution in [-0.4, -0.2) is 22.7 Å². The van der Waals surface area contributed by atoms with Crippen molar-refractivity contribution in [3.05, 3.63) is 35.7 Å². The van der Waals surface area contributed by atoms with Crippen molar-refractivity contribution in [3.63, 3.8) is 0 Å². The smallest absolute Gasteiger partial charge is 0.0693 e. The van der Waals surface area contributed by atoms with Gasteiger partial charge >= 0.3 is 0 Å². The van der Waals surface area contributed by atoms with Gasteiger partial charge in [-0.15, -0.1) is 0 Å². The number of rotatable bonds is 1. The molecule has 2 aromatic rings. The molecular formula is C12H15N3. The van der Waals surface area contributed by atoms with E-state index in [1.165, 1.54) is 23.2 Å². The average Bonchev–Trinajstić information content (AvgIpc) is 2.86. The minimum absolute atomic E-state index is 0.601. The van der Waals surface area contributed by atoms with E-state index >= 15 is 0 Å². The fraction of sp³-hybridized carbons (Fsp3) is 0.417. The van der Waals surface area contributed by atoms with Gasteiger partial charge in [0, 0.05) is 18.7 Å². The number of nitrogens with one attached hydrogen (secondary N) is 1. The first-order chi connectivity index (χ1) is 7.34. The predicted octanol–water partition coefficient (Wildman–Crippen LogP) is 1.72. The third-order valence-electron chi connectivity index (χ3n) is 3.21. The topological polar surface area (TPSA) is 29.3 Å². The second kappa shape index (κ2) is 3.35. The average molecular weight is 201 g/mol. The zero-order chi connectivity index (χ0) is 10.3. The molecule has 0 amide bonds. The highest BCUT2D eigenvalue weighted by molar-refractivity contribution is 5.54. The van der Waals surface area contributed by atoms with Gasteiger partial charge in [0.25, 0.3) is 0 Å². The van der Waals surface area contributed by atoms with Crippen LogP contribution in [-0.2, 0) is 0 Å². The molecule has 1 unspecified atom stereocenters. The molecule has 1 N–H and O–H groups in total. The van der Waals surface area contributed by atoms with Crippen molar-refractivity contribution in [3.8, 4) is 0 Å². The molecule has 15 heavy (non-hydrogen) atoms. The monoisotopic (exact) mass is 201 g/mol. The lowest BCUT2D eigenvalue weighted by Gasteiger charge is -2.01. The highest BCUT2D eigenvalue weighted by Gasteiger charge is 2.19. The minimum Gasteiger partial charge on any atom is -0.316 e. The van der Waals surface area contributed by atoms with E-state index in [9.17, 15) is 0 Å². The Balaban J connectivity index is 2.09. The van der Waals surface area contributed by atoms with Gasteiger partial charge in [0.2, 0.25) is 0 Å². The van der Waals surface area contributed by atoms with Crippen molar-refractivity contribution >= 4 is 5.52 Å². The molecule has 1 fully saturated rings. The van der Waals surface area contributed by atoms with Crippen LogP contribution in [0.15, 0.2) is 24.4 Å². The molecule has 0 aromatic carbocycles. The molecule has 1 atom stereocenters. The third-order valence-corrected chi connectivity index (χ3v) is 3.21. The maximum atomic E-state index is 4.63. The molecule has 2 aromatic heterocycles. The number of pyridine rings is 1. The van der Waals surface area contributed by atoms with E-state index in [0.717, 1.165) is 13.1 Å². The Morgan fingerprint density at radius 2 is 2.47 bits per heavy atom. The Labute approximate surface area is 89.1 Å². The van der Waals surface area contributed by atoms with Crippen LogP contribution in [0.3, 0.4) is 0 Å². The van der Waals surface area contributed by atoms with Crippen molar-refractivity contribution in [2.24, 2.45) is 0 Å². The molecule has 3 rings (SSSR count). The molecule has 3 heteroatoms. The Morgan fingerprint density at radius 1 is 1.53 bits per heavy atom. The van der Waals surface area contributed by atoms with Crippen LogP contribution < -0.4 is 5.32 Å². The van der Waals surface area contributed by atoms with Gasteiger partial charge < -0.3 is 5.32 Å². The van der Waals surface area contributed by atoms with E-state index in [2.05, 4.69) is 29.5 Å². The number of aryl methyl sites for hydroxylation is 1. The molecular weight excluding hydrogens is 186 g/mol. The highest BCUT2D eigenvalue weighted by atomic mass is 15.2. The summed E-state index contributed by atoms with van der Waals surface area (Å²) in [5.41, 5.74) is 3.76. The molecule has 0 spiro atoms. The number of aromatic nitrogens is 2. The molecule has 0 radical (unpaired) electrons. The summed E-state index contributed by atoms with van der Waals surface area (Å²) in [6.07, 6.45) is 3.23. The minimum atomic E-state index is 0.601. The van der Waals surface area contributed by atoms with Gasteiger partial charge in [-0.05, 0) is 37.6 Å². The van der Waals surface area contributed by atoms with Crippen LogP contribution in [0, 0.1) is 6.92 Å². The normalized spacial score (nSPS) is 21.3. The number of hydrogen-bond donors (Lipinski definition) is 1. The summed E-state index contributed by atoms with van der Waals surface area (Å²) < 4.78 is 1.99. The first-order valence-corrected chi connectivity index (χ1v) is 5.50. The number of hydrogen-bond acceptors (Lipinski definition) is 2. The fourth-order valence-electron chi connectivity index (χ4n) is 2.28. The lowest BCUT2D eigenvalue weighted by atomic mass is 10.1. The fourth-order valence-corrected chi connectivity index (χ4v) is 2.28. The SMILES string of the molecule is Cc1cccn2nc(C3CCNC3)cc12. The van der Waals surface area contributed by atoms with E-state index < -0.39 is 0 Å². The van der Waals surface area contributed by atoms with Crippen molar-refractivity contribution in [1.82, 2.24) is 14.9 Å². The van der Waals surface area contributed by atoms with E-state index in [1.54, 1.807) is 0 Å². The Hall–Kier alpha value is -1.35. The molecule has 3 nitrogen and oxygen atoms in total. The van der Waals surface area contributed by atoms with Gasteiger partial charge in [-0.1, -0.05) is 6.07 Å². The van der Waals surface area contributed by atoms with Gasteiger partial charge in [0.05, 0.1) is 11.2 Å². The molecule has 1 aliphatic heterocycles. The van der Waals surface area contributed by atoms with Gasteiger partial charge in [0.15, 0.2) is 0 Å². The summed E-state index contributed by atoms with van der Waals surface area (Å²) in [5, 5.41) is 8.01. The van der Waals surface area contributed by atoms with E-state index in [1.807, 2.05) is 16.8 Å². The Bertz CT molecular complexity index is 481. The quantitative estimate of drug-likeness (QED) is 0.761. The molecule has 0 saturated carbocycles. The predicted molar refractivity (Wildman–Crippen MR) is 60.2 cm³/mol. The number of fused-ring (bicyclic) bond motifs is 1. The molecule has 1 saturated heterocycles. The van der Waals surface area contributed by atoms with E-state index in [4.69, 9.17) is 0 Å². The zero-order valence-electron chi connectivity index (χ0n) is 8.90. The van der Waals surface area contributed by atoms with Crippen LogP contribution in [0.4, 0.5) is 0 Å². The second-order valence-corrected chi connectivity index (χ2v) is 4.28. The van der Waals surface area contributed by atoms with Crippen LogP contribution in [0.5, 0.6) is 0 Å². The summed E-state index contributed by atoms with van der Waals surface area (Å²) in [4.78, 5) is 0. The van der Waals surface area contributed by atoms with Crippen LogP contribution in [0.25, 0.3) is 5.52 Å². The summed E-state index contributed by atoms with van der Waals surface area (Å²) in [7, 11) is 0. The third kappa shape index (κ3) is 1.43. The van der Waals surface area contributed by atoms with Crippen molar-refractivity contribution in [2.75, 3.05) is 13.1 Å². The van der Waals surface area contributed by atoms with E-state index in [-0.39, 0.29) is 0 Å². The largest absolute Gasteiger partial charge is 0.316 e. The second-order valence-electron chi connectivity index (χ2n) is 4.28. The van der Waals surface area contributed by atoms with Crippen molar-refractivity contribution in [2.45, 2.75) is 19.3 Å². The summed E-state index contributed by atoms with van der Waals surface area (Å²) in [5.74, 6) is 0.601. The molecule has 78 valence electrons. The van der Waals surface area contributed by atoms with Gasteiger partial charge in [-0.25, -0.2) is 4.52 Å². The summed E-state index contributed by atoms with van der Waals surface area (Å²) >= 11 is 0. The lowest BCUT2D eigenvalue weighted by molar-refractivity contribution is 0.718. The number of nitrogens with zero attached hydrogens (tertiary/aromatic N) is 2. The zero-order valence-corrected chi connectivity index (χ0v) is 8.90. The van der Waals surface area contributed by atoms with Crippen LogP contribution >= 0.6 is 0 Å². The van der Waals surface area contributed by atoms with Gasteiger partial charge in [-0.2, -0.15) is 5.10 Å². The highest BCUT2D eigenvalue weighted by Crippen LogP contribution is 2.23. The lowest BCUT2D eigenvalue weighted by Crippen LogP contribution is -2.08. The summed E-state index contributed by atoms with van der Waals surface area (Å²) in [6.45, 7) is 4.33. The van der Waals surface area contributed by atoms with Crippen LogP contribution in [0.1, 0.15) is 23.6 Å². The van der Waals surface area contributed by atoms with Crippen LogP contribution in [0.2, 0.25) is 0 Å². The Morgan fingerprint density at radius 3 is 3.20 bits per heavy atom. The maximum Gasteiger partial charge on any atom is 0.0693 e. The van der Waals surface area contributed by atoms with Gasteiger partial charge in [0.1, 0.15) is 0 Å². The Kier molecular flexibility index (Phi) is 1.99. The first-order valence-electron chi connectivity index (χ1n) is 5.50. The molecule has 1 aliphatic rings. The molecule has 0 bridgehead atoms. The standard InChI is InChI=1S/C12H15N3/c1-9-3-2-6-15-12(9)7-11(14-15)10-4-5-13-8-10/h2-3,6-7,10,13H,4-5,8H2,1H3. The van der Waals surface area contributed by atoms with E-state index in [0.29, 0.717) is 5.92 Å².